The van der Waals surface area contributed by atoms with Gasteiger partial charge in [-0.25, -0.2) is 4.68 Å². The number of hydrogen-bond donors (Lipinski definition) is 2. The van der Waals surface area contributed by atoms with Crippen LogP contribution in [0.4, 0.5) is 0 Å². The number of nitrogens with two attached hydrogens (primary N) is 1. The fourth-order valence-corrected chi connectivity index (χ4v) is 2.14. The summed E-state index contributed by atoms with van der Waals surface area (Å²) >= 11 is 0. The lowest BCUT2D eigenvalue weighted by molar-refractivity contribution is -0.133. The zero-order valence-electron chi connectivity index (χ0n) is 11.4. The van der Waals surface area contributed by atoms with Crippen LogP contribution in [0.15, 0.2) is 6.20 Å². The third-order valence-corrected chi connectivity index (χ3v) is 3.25. The van der Waals surface area contributed by atoms with Crippen LogP contribution in [-0.4, -0.2) is 51.3 Å². The first-order valence-corrected chi connectivity index (χ1v) is 6.82. The number of rotatable bonds is 5. The minimum atomic E-state index is -0.260. The Balaban J connectivity index is 1.72. The van der Waals surface area contributed by atoms with Gasteiger partial charge in [0.25, 0.3) is 0 Å². The van der Waals surface area contributed by atoms with Gasteiger partial charge in [-0.2, -0.15) is 0 Å². The number of nitrogens with one attached hydrogen (secondary N) is 1. The molecule has 1 aliphatic rings. The molecule has 0 bridgehead atoms. The van der Waals surface area contributed by atoms with Crippen LogP contribution in [-0.2, 0) is 22.7 Å². The Morgan fingerprint density at radius 1 is 1.30 bits per heavy atom. The summed E-state index contributed by atoms with van der Waals surface area (Å²) in [5.41, 5.74) is 6.04. The molecular weight excluding hydrogens is 260 g/mol. The maximum absolute atomic E-state index is 11.9. The predicted octanol–water partition coefficient (Wildman–Crippen LogP) is -1.13. The second-order valence-corrected chi connectivity index (χ2v) is 4.83. The number of likely N-dealkylation sites (tertiary alicyclic amines) is 1. The molecule has 1 aliphatic heterocycles. The topological polar surface area (TPSA) is 106 Å². The molecule has 3 N–H and O–H groups in total. The Bertz CT molecular complexity index is 466. The standard InChI is InChI=1S/C12H20N6O2/c13-6-10-8-18(16-15-10)9-11(19)14-7-12(20)17-4-2-1-3-5-17/h8H,1-7,9,13H2,(H,14,19). The van der Waals surface area contributed by atoms with Crippen molar-refractivity contribution in [3.8, 4) is 0 Å². The van der Waals surface area contributed by atoms with Gasteiger partial charge in [0.05, 0.1) is 18.4 Å². The average Bonchev–Trinajstić information content (AvgIpc) is 2.93. The highest BCUT2D eigenvalue weighted by Crippen LogP contribution is 2.08. The van der Waals surface area contributed by atoms with Crippen LogP contribution in [0.25, 0.3) is 0 Å². The Kier molecular flexibility index (Phi) is 5.05. The number of amides is 2. The molecule has 8 heteroatoms. The SMILES string of the molecule is NCc1cn(CC(=O)NCC(=O)N2CCCCC2)nn1. The molecule has 0 saturated carbocycles. The third kappa shape index (κ3) is 4.02. The number of carbonyl (C=O) groups excluding carboxylic acids is 2. The molecule has 1 fully saturated rings. The van der Waals surface area contributed by atoms with Gasteiger partial charge < -0.3 is 16.0 Å². The van der Waals surface area contributed by atoms with E-state index >= 15 is 0 Å². The molecule has 0 radical (unpaired) electrons. The summed E-state index contributed by atoms with van der Waals surface area (Å²) in [6.07, 6.45) is 4.87. The van der Waals surface area contributed by atoms with Crippen molar-refractivity contribution in [2.45, 2.75) is 32.4 Å². The molecule has 0 atom stereocenters. The van der Waals surface area contributed by atoms with Crippen molar-refractivity contribution in [1.29, 1.82) is 0 Å². The minimum Gasteiger partial charge on any atom is -0.345 e. The maximum atomic E-state index is 11.9. The summed E-state index contributed by atoms with van der Waals surface area (Å²) in [7, 11) is 0. The normalized spacial score (nSPS) is 15.2. The van der Waals surface area contributed by atoms with Crippen molar-refractivity contribution in [2.75, 3.05) is 19.6 Å². The third-order valence-electron chi connectivity index (χ3n) is 3.25. The Morgan fingerprint density at radius 3 is 2.70 bits per heavy atom. The number of hydrogen-bond acceptors (Lipinski definition) is 5. The summed E-state index contributed by atoms with van der Waals surface area (Å²) < 4.78 is 1.41. The van der Waals surface area contributed by atoms with Crippen molar-refractivity contribution in [3.63, 3.8) is 0 Å². The van der Waals surface area contributed by atoms with Crippen LogP contribution in [0.1, 0.15) is 25.0 Å². The van der Waals surface area contributed by atoms with Gasteiger partial charge >= 0.3 is 0 Å². The average molecular weight is 280 g/mol. The molecule has 0 aromatic carbocycles. The van der Waals surface area contributed by atoms with E-state index in [2.05, 4.69) is 15.6 Å². The molecule has 2 rings (SSSR count). The second-order valence-electron chi connectivity index (χ2n) is 4.83. The van der Waals surface area contributed by atoms with Crippen LogP contribution >= 0.6 is 0 Å². The molecule has 110 valence electrons. The fraction of sp³-hybridized carbons (Fsp3) is 0.667. The van der Waals surface area contributed by atoms with Crippen LogP contribution in [0.2, 0.25) is 0 Å². The monoisotopic (exact) mass is 280 g/mol. The van der Waals surface area contributed by atoms with E-state index in [1.54, 1.807) is 11.1 Å². The quantitative estimate of drug-likeness (QED) is 0.709. The van der Waals surface area contributed by atoms with E-state index < -0.39 is 0 Å². The van der Waals surface area contributed by atoms with E-state index in [-0.39, 0.29) is 31.4 Å². The molecule has 1 saturated heterocycles. The largest absolute Gasteiger partial charge is 0.345 e. The summed E-state index contributed by atoms with van der Waals surface area (Å²) in [5, 5.41) is 10.2. The molecule has 0 spiro atoms. The van der Waals surface area contributed by atoms with E-state index in [9.17, 15) is 9.59 Å². The number of piperidine rings is 1. The van der Waals surface area contributed by atoms with Gasteiger partial charge in [-0.3, -0.25) is 9.59 Å². The second kappa shape index (κ2) is 6.99. The van der Waals surface area contributed by atoms with Gasteiger partial charge in [-0.05, 0) is 19.3 Å². The molecular formula is C12H20N6O2. The van der Waals surface area contributed by atoms with E-state index in [0.29, 0.717) is 5.69 Å². The lowest BCUT2D eigenvalue weighted by atomic mass is 10.1. The van der Waals surface area contributed by atoms with Crippen molar-refractivity contribution >= 4 is 11.8 Å². The van der Waals surface area contributed by atoms with Gasteiger partial charge in [-0.1, -0.05) is 5.21 Å². The maximum Gasteiger partial charge on any atom is 0.242 e. The predicted molar refractivity (Wildman–Crippen MR) is 71.4 cm³/mol. The van der Waals surface area contributed by atoms with Crippen LogP contribution in [0.3, 0.4) is 0 Å². The van der Waals surface area contributed by atoms with Crippen molar-refractivity contribution in [3.05, 3.63) is 11.9 Å². The lowest BCUT2D eigenvalue weighted by Crippen LogP contribution is -2.43. The van der Waals surface area contributed by atoms with Gasteiger partial charge in [0.1, 0.15) is 6.54 Å². The van der Waals surface area contributed by atoms with Gasteiger partial charge in [0.2, 0.25) is 11.8 Å². The highest BCUT2D eigenvalue weighted by Gasteiger charge is 2.16. The van der Waals surface area contributed by atoms with Crippen molar-refractivity contribution < 1.29 is 9.59 Å². The van der Waals surface area contributed by atoms with E-state index in [1.807, 2.05) is 0 Å². The molecule has 1 aromatic heterocycles. The van der Waals surface area contributed by atoms with E-state index in [0.717, 1.165) is 25.9 Å². The van der Waals surface area contributed by atoms with Crippen LogP contribution < -0.4 is 11.1 Å². The van der Waals surface area contributed by atoms with Crippen LogP contribution in [0, 0.1) is 0 Å². The first kappa shape index (κ1) is 14.4. The zero-order chi connectivity index (χ0) is 14.4. The first-order valence-electron chi connectivity index (χ1n) is 6.82. The summed E-state index contributed by atoms with van der Waals surface area (Å²) in [6.45, 7) is 1.95. The van der Waals surface area contributed by atoms with Crippen molar-refractivity contribution in [1.82, 2.24) is 25.2 Å². The van der Waals surface area contributed by atoms with Gasteiger partial charge in [0, 0.05) is 19.6 Å². The summed E-state index contributed by atoms with van der Waals surface area (Å²) in [6, 6.07) is 0. The van der Waals surface area contributed by atoms with E-state index in [4.69, 9.17) is 5.73 Å². The minimum absolute atomic E-state index is 0.0284. The molecule has 8 nitrogen and oxygen atoms in total. The van der Waals surface area contributed by atoms with Crippen molar-refractivity contribution in [2.24, 2.45) is 5.73 Å². The van der Waals surface area contributed by atoms with Gasteiger partial charge in [0.15, 0.2) is 0 Å². The highest BCUT2D eigenvalue weighted by molar-refractivity contribution is 5.84. The smallest absolute Gasteiger partial charge is 0.242 e. The summed E-state index contributed by atoms with van der Waals surface area (Å²) in [5.74, 6) is -0.289. The first-order chi connectivity index (χ1) is 9.69. The Morgan fingerprint density at radius 2 is 2.05 bits per heavy atom. The Labute approximate surface area is 117 Å². The molecule has 20 heavy (non-hydrogen) atoms. The lowest BCUT2D eigenvalue weighted by Gasteiger charge is -2.26. The zero-order valence-corrected chi connectivity index (χ0v) is 11.4. The van der Waals surface area contributed by atoms with Crippen LogP contribution in [0.5, 0.6) is 0 Å². The molecule has 0 unspecified atom stereocenters. The number of carbonyl (C=O) groups is 2. The Hall–Kier alpha value is -1.96. The van der Waals surface area contributed by atoms with E-state index in [1.165, 1.54) is 11.1 Å². The molecule has 2 amide bonds. The number of nitrogens with zero attached hydrogens (tertiary/aromatic N) is 4. The highest BCUT2D eigenvalue weighted by atomic mass is 16.2. The molecule has 2 heterocycles. The van der Waals surface area contributed by atoms with Gasteiger partial charge in [-0.15, -0.1) is 5.10 Å². The molecule has 1 aromatic rings. The molecule has 0 aliphatic carbocycles. The fourth-order valence-electron chi connectivity index (χ4n) is 2.14. The number of aromatic nitrogens is 3. The summed E-state index contributed by atoms with van der Waals surface area (Å²) in [4.78, 5) is 25.4.